The predicted octanol–water partition coefficient (Wildman–Crippen LogP) is 3.63. The highest BCUT2D eigenvalue weighted by Crippen LogP contribution is 2.25. The fraction of sp³-hybridized carbons (Fsp3) is 0.211. The third-order valence-electron chi connectivity index (χ3n) is 4.00. The lowest BCUT2D eigenvalue weighted by molar-refractivity contribution is -0.384. The molecular weight excluding hydrogens is 364 g/mol. The average Bonchev–Trinajstić information content (AvgIpc) is 3.18. The molecular formula is C19H18N4O5. The number of anilines is 1. The molecule has 3 rings (SSSR count). The van der Waals surface area contributed by atoms with Crippen LogP contribution < -0.4 is 4.90 Å². The Morgan fingerprint density at radius 1 is 1.18 bits per heavy atom. The van der Waals surface area contributed by atoms with E-state index in [1.54, 1.807) is 25.1 Å². The molecule has 0 saturated carbocycles. The van der Waals surface area contributed by atoms with E-state index in [2.05, 4.69) is 10.2 Å². The summed E-state index contributed by atoms with van der Waals surface area (Å²) in [5.74, 6) is -0.195. The number of carbonyl (C=O) groups is 1. The van der Waals surface area contributed by atoms with E-state index in [9.17, 15) is 14.9 Å². The van der Waals surface area contributed by atoms with E-state index in [0.29, 0.717) is 11.1 Å². The quantitative estimate of drug-likeness (QED) is 0.361. The summed E-state index contributed by atoms with van der Waals surface area (Å²) >= 11 is 0. The van der Waals surface area contributed by atoms with Crippen LogP contribution in [0.15, 0.2) is 52.9 Å². The van der Waals surface area contributed by atoms with Crippen molar-refractivity contribution in [3.8, 4) is 11.5 Å². The number of nitro benzene ring substituents is 1. The summed E-state index contributed by atoms with van der Waals surface area (Å²) in [7, 11) is 3.76. The SMILES string of the molecule is C[C@@H](OC(=O)c1cccc(N(C)C)c1)c1nnc(-c2ccc([N+](=O)[O-])cc2)o1. The minimum Gasteiger partial charge on any atom is -0.449 e. The number of benzene rings is 2. The Balaban J connectivity index is 1.71. The lowest BCUT2D eigenvalue weighted by Gasteiger charge is -2.14. The highest BCUT2D eigenvalue weighted by atomic mass is 16.6. The topological polar surface area (TPSA) is 112 Å². The van der Waals surface area contributed by atoms with E-state index in [-0.39, 0.29) is 17.5 Å². The Morgan fingerprint density at radius 3 is 2.54 bits per heavy atom. The van der Waals surface area contributed by atoms with Crippen LogP contribution in [0.5, 0.6) is 0 Å². The number of rotatable bonds is 6. The number of non-ortho nitro benzene ring substituents is 1. The van der Waals surface area contributed by atoms with Crippen molar-refractivity contribution in [2.45, 2.75) is 13.0 Å². The van der Waals surface area contributed by atoms with Gasteiger partial charge in [-0.15, -0.1) is 10.2 Å². The number of hydrogen-bond acceptors (Lipinski definition) is 8. The zero-order chi connectivity index (χ0) is 20.3. The van der Waals surface area contributed by atoms with E-state index in [1.165, 1.54) is 24.3 Å². The first kappa shape index (κ1) is 19.0. The number of carbonyl (C=O) groups excluding carboxylic acids is 1. The van der Waals surface area contributed by atoms with Crippen molar-refractivity contribution in [2.24, 2.45) is 0 Å². The van der Waals surface area contributed by atoms with Crippen molar-refractivity contribution in [3.05, 3.63) is 70.1 Å². The highest BCUT2D eigenvalue weighted by molar-refractivity contribution is 5.90. The van der Waals surface area contributed by atoms with Gasteiger partial charge in [0.05, 0.1) is 10.5 Å². The van der Waals surface area contributed by atoms with Crippen LogP contribution in [0, 0.1) is 10.1 Å². The second-order valence-corrected chi connectivity index (χ2v) is 6.24. The number of ether oxygens (including phenoxy) is 1. The summed E-state index contributed by atoms with van der Waals surface area (Å²) in [6.45, 7) is 1.63. The van der Waals surface area contributed by atoms with Gasteiger partial charge >= 0.3 is 5.97 Å². The summed E-state index contributed by atoms with van der Waals surface area (Å²) in [5, 5.41) is 18.5. The molecule has 0 amide bonds. The number of hydrogen-bond donors (Lipinski definition) is 0. The van der Waals surface area contributed by atoms with Gasteiger partial charge in [-0.1, -0.05) is 6.07 Å². The van der Waals surface area contributed by atoms with Crippen LogP contribution in [0.1, 0.15) is 29.3 Å². The van der Waals surface area contributed by atoms with Crippen molar-refractivity contribution >= 4 is 17.3 Å². The molecule has 0 unspecified atom stereocenters. The summed E-state index contributed by atoms with van der Waals surface area (Å²) < 4.78 is 11.0. The zero-order valence-corrected chi connectivity index (χ0v) is 15.5. The van der Waals surface area contributed by atoms with E-state index in [4.69, 9.17) is 9.15 Å². The first-order chi connectivity index (χ1) is 13.3. The molecule has 0 aliphatic rings. The average molecular weight is 382 g/mol. The Morgan fingerprint density at radius 2 is 1.89 bits per heavy atom. The fourth-order valence-electron chi connectivity index (χ4n) is 2.43. The fourth-order valence-corrected chi connectivity index (χ4v) is 2.43. The van der Waals surface area contributed by atoms with Crippen LogP contribution in [0.2, 0.25) is 0 Å². The van der Waals surface area contributed by atoms with Gasteiger partial charge < -0.3 is 14.1 Å². The number of nitro groups is 1. The number of esters is 1. The molecule has 9 heteroatoms. The molecule has 0 saturated heterocycles. The normalized spacial score (nSPS) is 11.7. The molecule has 2 aromatic carbocycles. The molecule has 144 valence electrons. The van der Waals surface area contributed by atoms with Gasteiger partial charge in [-0.3, -0.25) is 10.1 Å². The monoisotopic (exact) mass is 382 g/mol. The molecule has 1 heterocycles. The van der Waals surface area contributed by atoms with Gasteiger partial charge in [0.15, 0.2) is 6.10 Å². The van der Waals surface area contributed by atoms with Crippen molar-refractivity contribution in [1.29, 1.82) is 0 Å². The molecule has 0 aliphatic heterocycles. The molecule has 0 fully saturated rings. The van der Waals surface area contributed by atoms with Crippen LogP contribution in [-0.4, -0.2) is 35.2 Å². The Labute approximate surface area is 160 Å². The highest BCUT2D eigenvalue weighted by Gasteiger charge is 2.20. The molecule has 9 nitrogen and oxygen atoms in total. The third-order valence-corrected chi connectivity index (χ3v) is 4.00. The summed E-state index contributed by atoms with van der Waals surface area (Å²) in [4.78, 5) is 24.5. The molecule has 3 aromatic rings. The predicted molar refractivity (Wildman–Crippen MR) is 101 cm³/mol. The molecule has 0 radical (unpaired) electrons. The van der Waals surface area contributed by atoms with Gasteiger partial charge in [0.2, 0.25) is 5.89 Å². The van der Waals surface area contributed by atoms with Gasteiger partial charge in [0, 0.05) is 37.5 Å². The second-order valence-electron chi connectivity index (χ2n) is 6.24. The van der Waals surface area contributed by atoms with Gasteiger partial charge in [0.25, 0.3) is 11.6 Å². The van der Waals surface area contributed by atoms with Crippen molar-refractivity contribution in [3.63, 3.8) is 0 Å². The summed E-state index contributed by atoms with van der Waals surface area (Å²) in [6, 6.07) is 12.8. The number of aromatic nitrogens is 2. The maximum atomic E-state index is 12.4. The van der Waals surface area contributed by atoms with E-state index in [1.807, 2.05) is 25.1 Å². The second kappa shape index (κ2) is 7.87. The Kier molecular flexibility index (Phi) is 5.35. The van der Waals surface area contributed by atoms with Gasteiger partial charge in [-0.2, -0.15) is 0 Å². The van der Waals surface area contributed by atoms with Crippen LogP contribution >= 0.6 is 0 Å². The Bertz CT molecular complexity index is 998. The molecule has 1 aromatic heterocycles. The minimum atomic E-state index is -0.755. The van der Waals surface area contributed by atoms with E-state index >= 15 is 0 Å². The lowest BCUT2D eigenvalue weighted by atomic mass is 10.2. The summed E-state index contributed by atoms with van der Waals surface area (Å²) in [5.41, 5.74) is 1.78. The molecule has 1 atom stereocenters. The molecule has 0 spiro atoms. The molecule has 0 aliphatic carbocycles. The van der Waals surface area contributed by atoms with Crippen molar-refractivity contribution in [2.75, 3.05) is 19.0 Å². The smallest absolute Gasteiger partial charge is 0.338 e. The number of nitrogens with zero attached hydrogens (tertiary/aromatic N) is 4. The van der Waals surface area contributed by atoms with Crippen LogP contribution in [0.3, 0.4) is 0 Å². The van der Waals surface area contributed by atoms with Crippen molar-refractivity contribution in [1.82, 2.24) is 10.2 Å². The molecule has 0 bridgehead atoms. The standard InChI is InChI=1S/C19H18N4O5/c1-12(27-19(24)14-5-4-6-16(11-14)22(2)3)17-20-21-18(28-17)13-7-9-15(10-8-13)23(25)26/h4-12H,1-3H3/t12-/m1/s1. The zero-order valence-electron chi connectivity index (χ0n) is 15.5. The van der Waals surface area contributed by atoms with Gasteiger partial charge in [0.1, 0.15) is 0 Å². The van der Waals surface area contributed by atoms with Crippen molar-refractivity contribution < 1.29 is 18.9 Å². The van der Waals surface area contributed by atoms with Crippen LogP contribution in [-0.2, 0) is 4.74 Å². The maximum Gasteiger partial charge on any atom is 0.338 e. The van der Waals surface area contributed by atoms with E-state index in [0.717, 1.165) is 5.69 Å². The maximum absolute atomic E-state index is 12.4. The third kappa shape index (κ3) is 4.14. The van der Waals surface area contributed by atoms with Gasteiger partial charge in [-0.05, 0) is 37.3 Å². The first-order valence-corrected chi connectivity index (χ1v) is 8.41. The lowest BCUT2D eigenvalue weighted by Crippen LogP contribution is -2.12. The molecule has 28 heavy (non-hydrogen) atoms. The first-order valence-electron chi connectivity index (χ1n) is 8.41. The van der Waals surface area contributed by atoms with Crippen LogP contribution in [0.25, 0.3) is 11.5 Å². The van der Waals surface area contributed by atoms with E-state index < -0.39 is 17.0 Å². The Hall–Kier alpha value is -3.75. The largest absolute Gasteiger partial charge is 0.449 e. The summed E-state index contributed by atoms with van der Waals surface area (Å²) in [6.07, 6.45) is -0.755. The minimum absolute atomic E-state index is 0.0364. The van der Waals surface area contributed by atoms with Crippen LogP contribution in [0.4, 0.5) is 11.4 Å². The molecule has 0 N–H and O–H groups in total. The van der Waals surface area contributed by atoms with Gasteiger partial charge in [-0.25, -0.2) is 4.79 Å².